The monoisotopic (exact) mass is 537 g/mol. The molecule has 202 valence electrons. The number of nitrogens with one attached hydrogen (secondary N) is 1. The maximum absolute atomic E-state index is 12.4. The Hall–Kier alpha value is -2.79. The van der Waals surface area contributed by atoms with Gasteiger partial charge in [0.25, 0.3) is 18.1 Å². The summed E-state index contributed by atoms with van der Waals surface area (Å²) >= 11 is 1.30. The maximum atomic E-state index is 12.4. The molecule has 1 atom stereocenters. The topological polar surface area (TPSA) is 90.0 Å². The van der Waals surface area contributed by atoms with Crippen molar-refractivity contribution in [2.45, 2.75) is 70.2 Å². The first-order valence-corrected chi connectivity index (χ1v) is 13.5. The quantitative estimate of drug-likeness (QED) is 0.384. The van der Waals surface area contributed by atoms with Gasteiger partial charge in [-0.1, -0.05) is 29.5 Å². The van der Waals surface area contributed by atoms with Crippen LogP contribution in [0.4, 0.5) is 8.78 Å². The molecule has 0 bridgehead atoms. The van der Waals surface area contributed by atoms with E-state index in [1.165, 1.54) is 11.3 Å². The number of hydrogen-bond acceptors (Lipinski definition) is 8. The standard InChI is InChI=1S/C26H33F2N3O5S/c27-23(28)16-35-26-30-21-15-31(12-10-22(21)37-26)25(36-17-32)14-18-6-8-19(9-7-18)29-24(33)11-13-34-20-4-2-1-3-5-20/h1-5,17-19,23,25H,6-16H2,(H,29,33). The van der Waals surface area contributed by atoms with E-state index in [0.29, 0.717) is 51.3 Å². The van der Waals surface area contributed by atoms with Gasteiger partial charge in [0.2, 0.25) is 5.91 Å². The van der Waals surface area contributed by atoms with E-state index in [1.807, 2.05) is 30.3 Å². The second-order valence-corrected chi connectivity index (χ2v) is 10.4. The van der Waals surface area contributed by atoms with Crippen molar-refractivity contribution in [1.82, 2.24) is 15.2 Å². The minimum Gasteiger partial charge on any atom is -0.493 e. The third-order valence-corrected chi connectivity index (χ3v) is 7.85. The van der Waals surface area contributed by atoms with Gasteiger partial charge >= 0.3 is 0 Å². The molecule has 0 spiro atoms. The Labute approximate surface area is 219 Å². The van der Waals surface area contributed by atoms with Gasteiger partial charge in [-0.3, -0.25) is 14.5 Å². The summed E-state index contributed by atoms with van der Waals surface area (Å²) in [5.41, 5.74) is 0.794. The van der Waals surface area contributed by atoms with Gasteiger partial charge in [-0.05, 0) is 50.2 Å². The van der Waals surface area contributed by atoms with Gasteiger partial charge in [-0.15, -0.1) is 0 Å². The van der Waals surface area contributed by atoms with E-state index in [0.717, 1.165) is 42.0 Å². The van der Waals surface area contributed by atoms with Crippen LogP contribution in [-0.4, -0.2) is 60.7 Å². The fourth-order valence-corrected chi connectivity index (χ4v) is 5.81. The lowest BCUT2D eigenvalue weighted by atomic mass is 9.83. The van der Waals surface area contributed by atoms with Crippen molar-refractivity contribution >= 4 is 23.7 Å². The number of halogens is 2. The number of para-hydroxylation sites is 1. The molecule has 1 aliphatic heterocycles. The number of ether oxygens (including phenoxy) is 3. The third-order valence-electron chi connectivity index (χ3n) is 6.78. The number of nitrogens with zero attached hydrogens (tertiary/aromatic N) is 2. The van der Waals surface area contributed by atoms with Crippen LogP contribution in [0, 0.1) is 5.92 Å². The average molecular weight is 538 g/mol. The molecule has 1 fully saturated rings. The molecule has 0 radical (unpaired) electrons. The fourth-order valence-electron chi connectivity index (χ4n) is 4.90. The van der Waals surface area contributed by atoms with Crippen molar-refractivity contribution < 1.29 is 32.6 Å². The molecule has 2 aromatic rings. The molecule has 0 saturated heterocycles. The molecule has 2 aliphatic rings. The molecule has 1 saturated carbocycles. The maximum Gasteiger partial charge on any atom is 0.294 e. The van der Waals surface area contributed by atoms with Crippen LogP contribution >= 0.6 is 11.3 Å². The number of fused-ring (bicyclic) bond motifs is 1. The van der Waals surface area contributed by atoms with E-state index in [9.17, 15) is 18.4 Å². The van der Waals surface area contributed by atoms with Gasteiger partial charge in [-0.25, -0.2) is 13.8 Å². The lowest BCUT2D eigenvalue weighted by Gasteiger charge is -2.36. The summed E-state index contributed by atoms with van der Waals surface area (Å²) in [4.78, 5) is 31.0. The molecular formula is C26H33F2N3O5S. The highest BCUT2D eigenvalue weighted by Crippen LogP contribution is 2.34. The molecule has 2 heterocycles. The lowest BCUT2D eigenvalue weighted by molar-refractivity contribution is -0.147. The summed E-state index contributed by atoms with van der Waals surface area (Å²) in [6.07, 6.45) is 2.44. The van der Waals surface area contributed by atoms with Crippen LogP contribution in [0.5, 0.6) is 10.9 Å². The molecule has 1 unspecified atom stereocenters. The zero-order valence-corrected chi connectivity index (χ0v) is 21.5. The summed E-state index contributed by atoms with van der Waals surface area (Å²) in [5.74, 6) is 1.12. The van der Waals surface area contributed by atoms with E-state index in [2.05, 4.69) is 15.2 Å². The summed E-state index contributed by atoms with van der Waals surface area (Å²) < 4.78 is 41.0. The second kappa shape index (κ2) is 13.7. The summed E-state index contributed by atoms with van der Waals surface area (Å²) in [5, 5.41) is 3.37. The van der Waals surface area contributed by atoms with Gasteiger partial charge in [0, 0.05) is 30.4 Å². The fraction of sp³-hybridized carbons (Fsp3) is 0.577. The molecule has 1 amide bonds. The minimum absolute atomic E-state index is 0.00849. The van der Waals surface area contributed by atoms with Crippen LogP contribution in [-0.2, 0) is 27.3 Å². The van der Waals surface area contributed by atoms with Gasteiger partial charge < -0.3 is 19.5 Å². The second-order valence-electron chi connectivity index (χ2n) is 9.39. The van der Waals surface area contributed by atoms with Gasteiger partial charge in [0.05, 0.1) is 18.7 Å². The Kier molecular flexibility index (Phi) is 10.1. The first kappa shape index (κ1) is 27.3. The van der Waals surface area contributed by atoms with Crippen molar-refractivity contribution in [3.05, 3.63) is 40.9 Å². The van der Waals surface area contributed by atoms with Gasteiger partial charge in [0.15, 0.2) is 12.8 Å². The van der Waals surface area contributed by atoms with Crippen LogP contribution in [0.25, 0.3) is 0 Å². The Morgan fingerprint density at radius 2 is 1.97 bits per heavy atom. The summed E-state index contributed by atoms with van der Waals surface area (Å²) in [6, 6.07) is 9.58. The molecular weight excluding hydrogens is 504 g/mol. The van der Waals surface area contributed by atoms with Crippen LogP contribution in [0.2, 0.25) is 0 Å². The smallest absolute Gasteiger partial charge is 0.294 e. The van der Waals surface area contributed by atoms with E-state index in [1.54, 1.807) is 0 Å². The van der Waals surface area contributed by atoms with Crippen molar-refractivity contribution in [1.29, 1.82) is 0 Å². The predicted molar refractivity (Wildman–Crippen MR) is 134 cm³/mol. The highest BCUT2D eigenvalue weighted by atomic mass is 32.1. The Bertz CT molecular complexity index is 1000. The SMILES string of the molecule is O=COC(CC1CCC(NC(=O)CCOc2ccccc2)CC1)N1CCc2sc(OCC(F)F)nc2C1. The molecule has 8 nitrogen and oxygen atoms in total. The average Bonchev–Trinajstić information content (AvgIpc) is 3.31. The van der Waals surface area contributed by atoms with Crippen LogP contribution < -0.4 is 14.8 Å². The molecule has 11 heteroatoms. The highest BCUT2D eigenvalue weighted by Gasteiger charge is 2.31. The normalized spacial score (nSPS) is 20.6. The van der Waals surface area contributed by atoms with Crippen LogP contribution in [0.15, 0.2) is 30.3 Å². The number of amides is 1. The van der Waals surface area contributed by atoms with Crippen molar-refractivity contribution in [3.63, 3.8) is 0 Å². The number of carbonyl (C=O) groups excluding carboxylic acids is 2. The van der Waals surface area contributed by atoms with E-state index in [4.69, 9.17) is 14.2 Å². The first-order chi connectivity index (χ1) is 18.0. The van der Waals surface area contributed by atoms with E-state index >= 15 is 0 Å². The largest absolute Gasteiger partial charge is 0.493 e. The van der Waals surface area contributed by atoms with Gasteiger partial charge in [-0.2, -0.15) is 0 Å². The van der Waals surface area contributed by atoms with E-state index < -0.39 is 13.0 Å². The van der Waals surface area contributed by atoms with Gasteiger partial charge in [0.1, 0.15) is 5.75 Å². The molecule has 1 aromatic heterocycles. The highest BCUT2D eigenvalue weighted by molar-refractivity contribution is 7.13. The van der Waals surface area contributed by atoms with E-state index in [-0.39, 0.29) is 23.4 Å². The number of benzene rings is 1. The number of thiazole rings is 1. The molecule has 4 rings (SSSR count). The third kappa shape index (κ3) is 8.36. The zero-order chi connectivity index (χ0) is 26.0. The Balaban J connectivity index is 1.19. The van der Waals surface area contributed by atoms with Crippen molar-refractivity contribution in [3.8, 4) is 10.9 Å². The molecule has 1 aromatic carbocycles. The summed E-state index contributed by atoms with van der Waals surface area (Å²) in [6.45, 7) is 1.34. The van der Waals surface area contributed by atoms with Crippen molar-refractivity contribution in [2.75, 3.05) is 19.8 Å². The number of aromatic nitrogens is 1. The number of rotatable bonds is 13. The first-order valence-electron chi connectivity index (χ1n) is 12.7. The minimum atomic E-state index is -2.54. The van der Waals surface area contributed by atoms with Crippen LogP contribution in [0.3, 0.4) is 0 Å². The lowest BCUT2D eigenvalue weighted by Crippen LogP contribution is -2.43. The molecule has 1 N–H and O–H groups in total. The predicted octanol–water partition coefficient (Wildman–Crippen LogP) is 4.18. The molecule has 1 aliphatic carbocycles. The van der Waals surface area contributed by atoms with Crippen LogP contribution in [0.1, 0.15) is 49.1 Å². The van der Waals surface area contributed by atoms with Crippen molar-refractivity contribution in [2.24, 2.45) is 5.92 Å². The summed E-state index contributed by atoms with van der Waals surface area (Å²) in [7, 11) is 0. The Morgan fingerprint density at radius 1 is 1.19 bits per heavy atom. The number of carbonyl (C=O) groups is 2. The Morgan fingerprint density at radius 3 is 2.70 bits per heavy atom. The molecule has 37 heavy (non-hydrogen) atoms. The number of hydrogen-bond donors (Lipinski definition) is 1. The zero-order valence-electron chi connectivity index (χ0n) is 20.7. The number of alkyl halides is 2.